The van der Waals surface area contributed by atoms with Gasteiger partial charge in [0.25, 0.3) is 5.56 Å². The van der Waals surface area contributed by atoms with Gasteiger partial charge in [-0.05, 0) is 18.2 Å². The van der Waals surface area contributed by atoms with E-state index in [1.807, 2.05) is 0 Å². The summed E-state index contributed by atoms with van der Waals surface area (Å²) < 4.78 is 13.8. The van der Waals surface area contributed by atoms with Gasteiger partial charge < -0.3 is 4.98 Å². The topological polar surface area (TPSA) is 45.8 Å². The molecule has 1 N–H and O–H groups in total. The average molecular weight is 335 g/mol. The zero-order valence-corrected chi connectivity index (χ0v) is 12.7. The van der Waals surface area contributed by atoms with Crippen molar-refractivity contribution in [2.24, 2.45) is 0 Å². The molecule has 3 nitrogen and oxygen atoms in total. The van der Waals surface area contributed by atoms with Crippen LogP contribution in [0.5, 0.6) is 0 Å². The lowest BCUT2D eigenvalue weighted by atomic mass is 10.0. The Bertz CT molecular complexity index is 966. The van der Waals surface area contributed by atoms with Crippen LogP contribution in [0.15, 0.2) is 47.8 Å². The van der Waals surface area contributed by atoms with Crippen LogP contribution < -0.4 is 5.56 Å². The minimum absolute atomic E-state index is 0.0380. The molecule has 6 heteroatoms. The van der Waals surface area contributed by atoms with Crippen molar-refractivity contribution in [3.63, 3.8) is 0 Å². The van der Waals surface area contributed by atoms with E-state index in [-0.39, 0.29) is 16.8 Å². The minimum Gasteiger partial charge on any atom is -0.319 e. The number of fused-ring (bicyclic) bond motifs is 1. The Morgan fingerprint density at radius 3 is 2.59 bits per heavy atom. The number of hydrogen-bond donors (Lipinski definition) is 1. The van der Waals surface area contributed by atoms with E-state index in [2.05, 4.69) is 16.5 Å². The summed E-state index contributed by atoms with van der Waals surface area (Å²) in [7, 11) is 0. The molecule has 3 aromatic rings. The van der Waals surface area contributed by atoms with Gasteiger partial charge in [-0.2, -0.15) is 0 Å². The predicted molar refractivity (Wildman–Crippen MR) is 86.9 cm³/mol. The number of benzene rings is 2. The van der Waals surface area contributed by atoms with Crippen molar-refractivity contribution in [3.05, 3.63) is 80.5 Å². The number of hydrogen-bond acceptors (Lipinski definition) is 2. The van der Waals surface area contributed by atoms with Crippen LogP contribution in [0.1, 0.15) is 11.3 Å². The van der Waals surface area contributed by atoms with Gasteiger partial charge >= 0.3 is 0 Å². The predicted octanol–water partition coefficient (Wildman–Crippen LogP) is 4.43. The van der Waals surface area contributed by atoms with Crippen LogP contribution in [0.3, 0.4) is 0 Å². The van der Waals surface area contributed by atoms with E-state index in [1.54, 1.807) is 12.1 Å². The molecule has 0 unspecified atom stereocenters. The molecule has 0 saturated carbocycles. The first-order valence-corrected chi connectivity index (χ1v) is 7.06. The highest BCUT2D eigenvalue weighted by atomic mass is 35.5. The van der Waals surface area contributed by atoms with Crippen LogP contribution in [0.4, 0.5) is 4.39 Å². The zero-order chi connectivity index (χ0) is 15.9. The Labute approximate surface area is 135 Å². The highest BCUT2D eigenvalue weighted by molar-refractivity contribution is 6.42. The summed E-state index contributed by atoms with van der Waals surface area (Å²) in [5.41, 5.74) is 0.883. The number of H-pyrrole nitrogens is 1. The first-order valence-electron chi connectivity index (χ1n) is 6.30. The van der Waals surface area contributed by atoms with Crippen LogP contribution in [0.25, 0.3) is 16.6 Å². The molecular weight excluding hydrogens is 326 g/mol. The molecule has 0 bridgehead atoms. The molecule has 1 heterocycles. The minimum atomic E-state index is -0.473. The maximum Gasteiger partial charge on any atom is 0.274 e. The van der Waals surface area contributed by atoms with E-state index in [9.17, 15) is 9.18 Å². The molecule has 22 heavy (non-hydrogen) atoms. The van der Waals surface area contributed by atoms with E-state index in [1.165, 1.54) is 24.3 Å². The summed E-state index contributed by atoms with van der Waals surface area (Å²) in [6.45, 7) is 3.78. The molecule has 1 aromatic heterocycles. The van der Waals surface area contributed by atoms with Gasteiger partial charge in [0.15, 0.2) is 0 Å². The van der Waals surface area contributed by atoms with Crippen LogP contribution in [0, 0.1) is 5.82 Å². The van der Waals surface area contributed by atoms with Crippen molar-refractivity contribution in [3.8, 4) is 0 Å². The monoisotopic (exact) mass is 334 g/mol. The van der Waals surface area contributed by atoms with E-state index >= 15 is 0 Å². The van der Waals surface area contributed by atoms with Crippen molar-refractivity contribution in [1.82, 2.24) is 9.97 Å². The normalized spacial score (nSPS) is 10.9. The SMILES string of the molecule is C=C(c1ccccc1F)c1nc2cc(Cl)c(Cl)cc2[nH]c1=O. The summed E-state index contributed by atoms with van der Waals surface area (Å²) in [4.78, 5) is 19.1. The number of aromatic nitrogens is 2. The van der Waals surface area contributed by atoms with E-state index < -0.39 is 11.4 Å². The maximum atomic E-state index is 13.8. The lowest BCUT2D eigenvalue weighted by Gasteiger charge is -2.08. The van der Waals surface area contributed by atoms with Crippen LogP contribution in [-0.2, 0) is 0 Å². The summed E-state index contributed by atoms with van der Waals surface area (Å²) in [6.07, 6.45) is 0. The Morgan fingerprint density at radius 1 is 1.18 bits per heavy atom. The van der Waals surface area contributed by atoms with E-state index in [0.717, 1.165) is 0 Å². The third-order valence-corrected chi connectivity index (χ3v) is 3.94. The largest absolute Gasteiger partial charge is 0.319 e. The third-order valence-electron chi connectivity index (χ3n) is 3.22. The summed E-state index contributed by atoms with van der Waals surface area (Å²) in [6, 6.07) is 9.11. The molecule has 0 radical (unpaired) electrons. The second-order valence-corrected chi connectivity index (χ2v) is 5.47. The molecule has 0 spiro atoms. The molecule has 0 aliphatic rings. The molecule has 0 amide bonds. The average Bonchev–Trinajstić information content (AvgIpc) is 2.48. The van der Waals surface area contributed by atoms with Gasteiger partial charge in [0.2, 0.25) is 0 Å². The number of halogens is 3. The van der Waals surface area contributed by atoms with Crippen LogP contribution in [-0.4, -0.2) is 9.97 Å². The fraction of sp³-hybridized carbons (Fsp3) is 0. The zero-order valence-electron chi connectivity index (χ0n) is 11.2. The third kappa shape index (κ3) is 2.51. The number of aromatic amines is 1. The molecule has 0 aliphatic heterocycles. The van der Waals surface area contributed by atoms with Crippen molar-refractivity contribution < 1.29 is 4.39 Å². The lowest BCUT2D eigenvalue weighted by molar-refractivity contribution is 0.624. The van der Waals surface area contributed by atoms with Crippen molar-refractivity contribution in [1.29, 1.82) is 0 Å². The second-order valence-electron chi connectivity index (χ2n) is 4.66. The number of nitrogens with zero attached hydrogens (tertiary/aromatic N) is 1. The molecule has 0 saturated heterocycles. The number of rotatable bonds is 2. The maximum absolute atomic E-state index is 13.8. The van der Waals surface area contributed by atoms with Gasteiger partial charge in [-0.3, -0.25) is 4.79 Å². The van der Waals surface area contributed by atoms with Gasteiger partial charge in [-0.1, -0.05) is 48.0 Å². The van der Waals surface area contributed by atoms with Crippen molar-refractivity contribution in [2.75, 3.05) is 0 Å². The van der Waals surface area contributed by atoms with Gasteiger partial charge in [0.1, 0.15) is 11.5 Å². The molecule has 0 aliphatic carbocycles. The molecule has 110 valence electrons. The summed E-state index contributed by atoms with van der Waals surface area (Å²) in [5, 5.41) is 0.628. The number of nitrogens with one attached hydrogen (secondary N) is 1. The van der Waals surface area contributed by atoms with Crippen molar-refractivity contribution in [2.45, 2.75) is 0 Å². The Morgan fingerprint density at radius 2 is 1.86 bits per heavy atom. The molecular formula is C16H9Cl2FN2O. The van der Waals surface area contributed by atoms with Gasteiger partial charge in [0, 0.05) is 11.1 Å². The molecule has 0 atom stereocenters. The van der Waals surface area contributed by atoms with E-state index in [4.69, 9.17) is 23.2 Å². The summed E-state index contributed by atoms with van der Waals surface area (Å²) >= 11 is 11.9. The summed E-state index contributed by atoms with van der Waals surface area (Å²) in [5.74, 6) is -0.470. The van der Waals surface area contributed by atoms with Crippen LogP contribution >= 0.6 is 23.2 Å². The molecule has 3 rings (SSSR count). The van der Waals surface area contributed by atoms with Gasteiger partial charge in [-0.15, -0.1) is 0 Å². The lowest BCUT2D eigenvalue weighted by Crippen LogP contribution is -2.15. The smallest absolute Gasteiger partial charge is 0.274 e. The first-order chi connectivity index (χ1) is 10.5. The Kier molecular flexibility index (Phi) is 3.72. The standard InChI is InChI=1S/C16H9Cl2FN2O/c1-8(9-4-2-3-5-12(9)19)15-16(22)21-14-7-11(18)10(17)6-13(14)20-15/h2-7H,1H2,(H,21,22). The molecule has 0 fully saturated rings. The second kappa shape index (κ2) is 5.55. The molecule has 2 aromatic carbocycles. The quantitative estimate of drug-likeness (QED) is 0.753. The van der Waals surface area contributed by atoms with Gasteiger partial charge in [0.05, 0.1) is 21.1 Å². The fourth-order valence-corrected chi connectivity index (χ4v) is 2.44. The van der Waals surface area contributed by atoms with E-state index in [0.29, 0.717) is 21.1 Å². The van der Waals surface area contributed by atoms with Crippen molar-refractivity contribution >= 4 is 39.8 Å². The van der Waals surface area contributed by atoms with Crippen LogP contribution in [0.2, 0.25) is 10.0 Å². The van der Waals surface area contributed by atoms with Gasteiger partial charge in [-0.25, -0.2) is 9.37 Å². The first kappa shape index (κ1) is 14.8. The Balaban J connectivity index is 2.21. The fourth-order valence-electron chi connectivity index (χ4n) is 2.12. The Hall–Kier alpha value is -2.17. The highest BCUT2D eigenvalue weighted by Gasteiger charge is 2.14. The highest BCUT2D eigenvalue weighted by Crippen LogP contribution is 2.27.